The van der Waals surface area contributed by atoms with Crippen molar-refractivity contribution in [2.24, 2.45) is 17.8 Å². The zero-order chi connectivity index (χ0) is 13.3. The molecule has 3 unspecified atom stereocenters. The maximum atomic E-state index is 12.7. The first kappa shape index (κ1) is 13.9. The maximum Gasteiger partial charge on any atom is 0.140 e. The van der Waals surface area contributed by atoms with Crippen molar-refractivity contribution in [3.05, 3.63) is 0 Å². The van der Waals surface area contributed by atoms with Crippen molar-refractivity contribution in [1.29, 1.82) is 0 Å². The summed E-state index contributed by atoms with van der Waals surface area (Å²) >= 11 is 2.02. The van der Waals surface area contributed by atoms with Crippen LogP contribution in [0.4, 0.5) is 0 Å². The summed E-state index contributed by atoms with van der Waals surface area (Å²) < 4.78 is 6.10. The lowest BCUT2D eigenvalue weighted by molar-refractivity contribution is -0.142. The van der Waals surface area contributed by atoms with Crippen molar-refractivity contribution in [3.8, 4) is 0 Å². The van der Waals surface area contributed by atoms with Gasteiger partial charge in [0.15, 0.2) is 0 Å². The molecule has 108 valence electrons. The van der Waals surface area contributed by atoms with Crippen molar-refractivity contribution in [3.63, 3.8) is 0 Å². The van der Waals surface area contributed by atoms with Gasteiger partial charge in [-0.1, -0.05) is 6.92 Å². The summed E-state index contributed by atoms with van der Waals surface area (Å²) in [6.07, 6.45) is 4.20. The first-order chi connectivity index (χ1) is 9.20. The van der Waals surface area contributed by atoms with Crippen LogP contribution in [-0.4, -0.2) is 42.6 Å². The second-order valence-corrected chi connectivity index (χ2v) is 7.70. The van der Waals surface area contributed by atoms with Gasteiger partial charge in [0, 0.05) is 25.0 Å². The molecule has 0 aromatic rings. The highest BCUT2D eigenvalue weighted by Gasteiger charge is 2.43. The quantitative estimate of drug-likeness (QED) is 0.842. The van der Waals surface area contributed by atoms with Gasteiger partial charge in [-0.2, -0.15) is 11.8 Å². The monoisotopic (exact) mass is 283 g/mol. The average molecular weight is 283 g/mol. The lowest BCUT2D eigenvalue weighted by Crippen LogP contribution is -2.46. The van der Waals surface area contributed by atoms with Gasteiger partial charge in [-0.15, -0.1) is 0 Å². The Balaban J connectivity index is 1.65. The van der Waals surface area contributed by atoms with Gasteiger partial charge in [0.2, 0.25) is 0 Å². The molecule has 1 N–H and O–H groups in total. The fourth-order valence-electron chi connectivity index (χ4n) is 3.86. The summed E-state index contributed by atoms with van der Waals surface area (Å²) in [6, 6.07) is 0. The van der Waals surface area contributed by atoms with E-state index in [0.29, 0.717) is 11.7 Å². The molecular weight excluding hydrogens is 258 g/mol. The molecule has 0 radical (unpaired) electrons. The van der Waals surface area contributed by atoms with E-state index in [1.165, 1.54) is 11.5 Å². The van der Waals surface area contributed by atoms with E-state index in [1.807, 2.05) is 11.8 Å². The molecule has 0 aliphatic carbocycles. The summed E-state index contributed by atoms with van der Waals surface area (Å²) in [6.45, 7) is 4.88. The van der Waals surface area contributed by atoms with E-state index in [-0.39, 0.29) is 17.4 Å². The minimum absolute atomic E-state index is 0.0408. The molecule has 0 aromatic heterocycles. The van der Waals surface area contributed by atoms with Crippen LogP contribution in [0.5, 0.6) is 0 Å². The number of carbonyl (C=O) groups is 1. The number of nitrogens with one attached hydrogen (secondary N) is 1. The molecule has 0 amide bonds. The molecule has 3 rings (SSSR count). The molecule has 3 fully saturated rings. The zero-order valence-corrected chi connectivity index (χ0v) is 12.6. The number of ketones is 1. The van der Waals surface area contributed by atoms with Crippen LogP contribution < -0.4 is 5.32 Å². The third-order valence-electron chi connectivity index (χ3n) is 5.18. The minimum atomic E-state index is 0.0408. The molecule has 0 aromatic carbocycles. The van der Waals surface area contributed by atoms with E-state index in [9.17, 15) is 4.79 Å². The highest BCUT2D eigenvalue weighted by Crippen LogP contribution is 2.41. The van der Waals surface area contributed by atoms with Crippen molar-refractivity contribution in [1.82, 2.24) is 5.32 Å². The Labute approximate surface area is 120 Å². The standard InChI is InChI=1S/C15H25NO2S/c1-11-9-16-10-13(11)14(17)12-2-5-18-15(8-12)3-6-19-7-4-15/h11-13,16H,2-10H2,1H3. The van der Waals surface area contributed by atoms with Crippen LogP contribution >= 0.6 is 11.8 Å². The van der Waals surface area contributed by atoms with Gasteiger partial charge in [-0.05, 0) is 49.7 Å². The Kier molecular flexibility index (Phi) is 4.20. The number of thioether (sulfide) groups is 1. The molecule has 19 heavy (non-hydrogen) atoms. The third kappa shape index (κ3) is 2.86. The van der Waals surface area contributed by atoms with E-state index in [2.05, 4.69) is 12.2 Å². The molecule has 1 spiro atoms. The van der Waals surface area contributed by atoms with Gasteiger partial charge in [0.05, 0.1) is 5.60 Å². The molecule has 3 heterocycles. The summed E-state index contributed by atoms with van der Waals surface area (Å²) in [5, 5.41) is 3.36. The van der Waals surface area contributed by atoms with Crippen LogP contribution in [0.2, 0.25) is 0 Å². The van der Waals surface area contributed by atoms with E-state index in [1.54, 1.807) is 0 Å². The molecule has 3 atom stereocenters. The summed E-state index contributed by atoms with van der Waals surface area (Å²) in [5.74, 6) is 3.92. The van der Waals surface area contributed by atoms with Gasteiger partial charge in [-0.25, -0.2) is 0 Å². The average Bonchev–Trinajstić information content (AvgIpc) is 2.85. The summed E-state index contributed by atoms with van der Waals surface area (Å²) in [4.78, 5) is 12.7. The molecule has 3 nitrogen and oxygen atoms in total. The summed E-state index contributed by atoms with van der Waals surface area (Å²) in [7, 11) is 0. The molecule has 3 aliphatic rings. The maximum absolute atomic E-state index is 12.7. The SMILES string of the molecule is CC1CNCC1C(=O)C1CCOC2(CCSCC2)C1. The van der Waals surface area contributed by atoms with Crippen molar-refractivity contribution in [2.75, 3.05) is 31.2 Å². The van der Waals surface area contributed by atoms with E-state index in [4.69, 9.17) is 4.74 Å². The number of hydrogen-bond donors (Lipinski definition) is 1. The summed E-state index contributed by atoms with van der Waals surface area (Å²) in [5.41, 5.74) is 0.0408. The van der Waals surface area contributed by atoms with Crippen LogP contribution in [0.1, 0.15) is 32.6 Å². The Morgan fingerprint density at radius 3 is 2.79 bits per heavy atom. The Morgan fingerprint density at radius 2 is 2.11 bits per heavy atom. The van der Waals surface area contributed by atoms with Gasteiger partial charge < -0.3 is 10.1 Å². The van der Waals surface area contributed by atoms with Crippen molar-refractivity contribution >= 4 is 17.5 Å². The highest BCUT2D eigenvalue weighted by atomic mass is 32.2. The molecule has 0 saturated carbocycles. The molecule has 3 saturated heterocycles. The normalized spacial score (nSPS) is 38.5. The molecule has 0 bridgehead atoms. The smallest absolute Gasteiger partial charge is 0.140 e. The Morgan fingerprint density at radius 1 is 1.32 bits per heavy atom. The van der Waals surface area contributed by atoms with E-state index < -0.39 is 0 Å². The second kappa shape index (κ2) is 5.74. The number of ether oxygens (including phenoxy) is 1. The van der Waals surface area contributed by atoms with Crippen LogP contribution in [0.15, 0.2) is 0 Å². The fraction of sp³-hybridized carbons (Fsp3) is 0.933. The molecule has 4 heteroatoms. The van der Waals surface area contributed by atoms with Crippen LogP contribution in [-0.2, 0) is 9.53 Å². The van der Waals surface area contributed by atoms with Gasteiger partial charge in [0.1, 0.15) is 5.78 Å². The van der Waals surface area contributed by atoms with Gasteiger partial charge in [0.25, 0.3) is 0 Å². The molecular formula is C15H25NO2S. The lowest BCUT2D eigenvalue weighted by Gasteiger charge is -2.43. The van der Waals surface area contributed by atoms with Crippen LogP contribution in [0.3, 0.4) is 0 Å². The highest BCUT2D eigenvalue weighted by molar-refractivity contribution is 7.99. The van der Waals surface area contributed by atoms with Crippen LogP contribution in [0, 0.1) is 17.8 Å². The molecule has 3 aliphatic heterocycles. The topological polar surface area (TPSA) is 38.3 Å². The van der Waals surface area contributed by atoms with Gasteiger partial charge in [-0.3, -0.25) is 4.79 Å². The zero-order valence-electron chi connectivity index (χ0n) is 11.8. The van der Waals surface area contributed by atoms with Crippen LogP contribution in [0.25, 0.3) is 0 Å². The predicted molar refractivity (Wildman–Crippen MR) is 78.5 cm³/mol. The Hall–Kier alpha value is -0.0600. The van der Waals surface area contributed by atoms with E-state index in [0.717, 1.165) is 45.4 Å². The number of hydrogen-bond acceptors (Lipinski definition) is 4. The first-order valence-electron chi connectivity index (χ1n) is 7.66. The van der Waals surface area contributed by atoms with Crippen molar-refractivity contribution < 1.29 is 9.53 Å². The van der Waals surface area contributed by atoms with Gasteiger partial charge >= 0.3 is 0 Å². The third-order valence-corrected chi connectivity index (χ3v) is 6.17. The lowest BCUT2D eigenvalue weighted by atomic mass is 9.76. The predicted octanol–water partition coefficient (Wildman–Crippen LogP) is 2.10. The number of rotatable bonds is 2. The number of Topliss-reactive ketones (excluding diaryl/α,β-unsaturated/α-hetero) is 1. The second-order valence-electron chi connectivity index (χ2n) is 6.48. The fourth-order valence-corrected chi connectivity index (χ4v) is 5.09. The number of carbonyl (C=O) groups excluding carboxylic acids is 1. The minimum Gasteiger partial charge on any atom is -0.375 e. The van der Waals surface area contributed by atoms with Crippen molar-refractivity contribution in [2.45, 2.75) is 38.2 Å². The first-order valence-corrected chi connectivity index (χ1v) is 8.82. The Bertz CT molecular complexity index is 336. The largest absolute Gasteiger partial charge is 0.375 e. The van der Waals surface area contributed by atoms with E-state index >= 15 is 0 Å².